The normalized spacial score (nSPS) is 10.1. The minimum absolute atomic E-state index is 0.421. The van der Waals surface area contributed by atoms with Crippen LogP contribution < -0.4 is 4.74 Å². The Bertz CT molecular complexity index is 695. The highest BCUT2D eigenvalue weighted by atomic mass is 127. The van der Waals surface area contributed by atoms with Gasteiger partial charge < -0.3 is 14.2 Å². The highest BCUT2D eigenvalue weighted by molar-refractivity contribution is 14.1. The zero-order chi connectivity index (χ0) is 17.0. The van der Waals surface area contributed by atoms with Gasteiger partial charge in [-0.2, -0.15) is 0 Å². The third kappa shape index (κ3) is 4.34. The van der Waals surface area contributed by atoms with E-state index < -0.39 is 11.9 Å². The smallest absolute Gasteiger partial charge is 0.339 e. The van der Waals surface area contributed by atoms with Gasteiger partial charge in [0.15, 0.2) is 0 Å². The van der Waals surface area contributed by atoms with Crippen LogP contribution in [0.4, 0.5) is 0 Å². The van der Waals surface area contributed by atoms with Gasteiger partial charge in [0.25, 0.3) is 0 Å². The van der Waals surface area contributed by atoms with Crippen LogP contribution in [0.25, 0.3) is 0 Å². The molecule has 0 aliphatic rings. The highest BCUT2D eigenvalue weighted by Crippen LogP contribution is 2.27. The summed E-state index contributed by atoms with van der Waals surface area (Å²) in [5.74, 6) is 0.0844. The first-order chi connectivity index (χ1) is 11.0. The van der Waals surface area contributed by atoms with Gasteiger partial charge in [0.05, 0.1) is 25.3 Å². The van der Waals surface area contributed by atoms with E-state index in [4.69, 9.17) is 14.2 Å². The molecule has 0 saturated heterocycles. The molecule has 0 atom stereocenters. The molecule has 7 heteroatoms. The van der Waals surface area contributed by atoms with Crippen molar-refractivity contribution in [3.05, 3.63) is 54.7 Å². The summed E-state index contributed by atoms with van der Waals surface area (Å²) in [7, 11) is 2.65. The topological polar surface area (TPSA) is 61.8 Å². The summed E-state index contributed by atoms with van der Waals surface area (Å²) in [5.41, 5.74) is 0.841. The van der Waals surface area contributed by atoms with Gasteiger partial charge in [0, 0.05) is 7.14 Å². The van der Waals surface area contributed by atoms with Crippen molar-refractivity contribution >= 4 is 57.1 Å². The average Bonchev–Trinajstić information content (AvgIpc) is 2.56. The molecule has 0 fully saturated rings. The van der Waals surface area contributed by atoms with E-state index in [9.17, 15) is 9.59 Å². The van der Waals surface area contributed by atoms with Crippen LogP contribution in [0.1, 0.15) is 20.7 Å². The molecule has 2 aromatic carbocycles. The number of halogens is 2. The Morgan fingerprint density at radius 1 is 0.783 bits per heavy atom. The molecule has 5 nitrogen and oxygen atoms in total. The van der Waals surface area contributed by atoms with Crippen LogP contribution in [0.15, 0.2) is 36.4 Å². The number of carbonyl (C=O) groups excluding carboxylic acids is 2. The molecule has 0 spiro atoms. The molecule has 0 radical (unpaired) electrons. The number of hydrogen-bond donors (Lipinski definition) is 0. The molecule has 0 amide bonds. The van der Waals surface area contributed by atoms with Crippen LogP contribution in [-0.4, -0.2) is 26.2 Å². The van der Waals surface area contributed by atoms with E-state index in [1.54, 1.807) is 36.4 Å². The first-order valence-electron chi connectivity index (χ1n) is 6.40. The van der Waals surface area contributed by atoms with E-state index in [1.165, 1.54) is 14.2 Å². The Labute approximate surface area is 160 Å². The van der Waals surface area contributed by atoms with Crippen molar-refractivity contribution in [2.24, 2.45) is 0 Å². The average molecular weight is 538 g/mol. The van der Waals surface area contributed by atoms with E-state index >= 15 is 0 Å². The van der Waals surface area contributed by atoms with Crippen molar-refractivity contribution in [3.63, 3.8) is 0 Å². The van der Waals surface area contributed by atoms with E-state index in [-0.39, 0.29) is 0 Å². The van der Waals surface area contributed by atoms with Crippen LogP contribution in [-0.2, 0) is 9.47 Å². The maximum Gasteiger partial charge on any atom is 0.339 e. The lowest BCUT2D eigenvalue weighted by atomic mass is 10.2. The van der Waals surface area contributed by atoms with Crippen LogP contribution in [0.2, 0.25) is 0 Å². The van der Waals surface area contributed by atoms with Gasteiger partial charge in [0.2, 0.25) is 0 Å². The number of rotatable bonds is 4. The second-order valence-corrected chi connectivity index (χ2v) is 6.69. The fourth-order valence-corrected chi connectivity index (χ4v) is 2.92. The monoisotopic (exact) mass is 538 g/mol. The number of hydrogen-bond acceptors (Lipinski definition) is 5. The Hall–Kier alpha value is -1.36. The fraction of sp³-hybridized carbons (Fsp3) is 0.125. The predicted octanol–water partition coefficient (Wildman–Crippen LogP) is 4.26. The van der Waals surface area contributed by atoms with Gasteiger partial charge in [-0.25, -0.2) is 9.59 Å². The van der Waals surface area contributed by atoms with E-state index in [0.717, 1.165) is 7.14 Å². The molecule has 0 aliphatic carbocycles. The lowest BCUT2D eigenvalue weighted by Gasteiger charge is -2.10. The molecule has 23 heavy (non-hydrogen) atoms. The summed E-state index contributed by atoms with van der Waals surface area (Å²) in [6.07, 6.45) is 0. The molecule has 2 rings (SSSR count). The minimum atomic E-state index is -0.433. The third-order valence-electron chi connectivity index (χ3n) is 2.92. The summed E-state index contributed by atoms with van der Waals surface area (Å²) in [6.45, 7) is 0. The second-order valence-electron chi connectivity index (χ2n) is 4.37. The van der Waals surface area contributed by atoms with E-state index in [1.807, 2.05) is 0 Å². The van der Waals surface area contributed by atoms with Crippen molar-refractivity contribution in [1.82, 2.24) is 0 Å². The summed E-state index contributed by atoms with van der Waals surface area (Å²) in [4.78, 5) is 23.4. The van der Waals surface area contributed by atoms with E-state index in [0.29, 0.717) is 22.6 Å². The van der Waals surface area contributed by atoms with Crippen LogP contribution >= 0.6 is 45.2 Å². The zero-order valence-electron chi connectivity index (χ0n) is 12.3. The van der Waals surface area contributed by atoms with Gasteiger partial charge in [-0.3, -0.25) is 0 Å². The van der Waals surface area contributed by atoms with Crippen molar-refractivity contribution in [2.45, 2.75) is 0 Å². The number of methoxy groups -OCH3 is 2. The molecule has 0 saturated carbocycles. The first-order valence-corrected chi connectivity index (χ1v) is 8.55. The number of ether oxygens (including phenoxy) is 3. The van der Waals surface area contributed by atoms with Gasteiger partial charge in [-0.1, -0.05) is 0 Å². The molecule has 0 aromatic heterocycles. The second kappa shape index (κ2) is 7.95. The van der Waals surface area contributed by atoms with Crippen LogP contribution in [0.3, 0.4) is 0 Å². The molecule has 0 unspecified atom stereocenters. The lowest BCUT2D eigenvalue weighted by molar-refractivity contribution is 0.0590. The molecule has 0 bridgehead atoms. The number of esters is 2. The SMILES string of the molecule is COC(=O)c1cc(Oc2ccc(I)c(C(=O)OC)c2)ccc1I. The Morgan fingerprint density at radius 3 is 1.52 bits per heavy atom. The number of benzene rings is 2. The Morgan fingerprint density at radius 2 is 1.17 bits per heavy atom. The van der Waals surface area contributed by atoms with Gasteiger partial charge >= 0.3 is 11.9 Å². The predicted molar refractivity (Wildman–Crippen MR) is 101 cm³/mol. The molecular formula is C16H12I2O5. The Balaban J connectivity index is 2.33. The van der Waals surface area contributed by atoms with Crippen molar-refractivity contribution in [1.29, 1.82) is 0 Å². The summed E-state index contributed by atoms with van der Waals surface area (Å²) < 4.78 is 16.7. The summed E-state index contributed by atoms with van der Waals surface area (Å²) in [5, 5.41) is 0. The summed E-state index contributed by atoms with van der Waals surface area (Å²) in [6, 6.07) is 10.2. The quantitative estimate of drug-likeness (QED) is 0.431. The third-order valence-corrected chi connectivity index (χ3v) is 4.80. The molecule has 0 heterocycles. The molecule has 2 aromatic rings. The zero-order valence-corrected chi connectivity index (χ0v) is 16.6. The molecular weight excluding hydrogens is 526 g/mol. The van der Waals surface area contributed by atoms with Crippen molar-refractivity contribution in [3.8, 4) is 11.5 Å². The first kappa shape index (κ1) is 18.0. The maximum atomic E-state index is 11.7. The standard InChI is InChI=1S/C16H12I2O5/c1-21-15(19)11-7-9(3-5-13(11)17)23-10-4-6-14(18)12(8-10)16(20)22-2/h3-8H,1-2H3. The molecule has 120 valence electrons. The molecule has 0 aliphatic heterocycles. The van der Waals surface area contributed by atoms with Crippen molar-refractivity contribution in [2.75, 3.05) is 14.2 Å². The maximum absolute atomic E-state index is 11.7. The lowest BCUT2D eigenvalue weighted by Crippen LogP contribution is -2.05. The molecule has 0 N–H and O–H groups in total. The van der Waals surface area contributed by atoms with Gasteiger partial charge in [-0.15, -0.1) is 0 Å². The van der Waals surface area contributed by atoms with E-state index in [2.05, 4.69) is 45.2 Å². The van der Waals surface area contributed by atoms with Crippen LogP contribution in [0, 0.1) is 7.14 Å². The van der Waals surface area contributed by atoms with Gasteiger partial charge in [-0.05, 0) is 81.6 Å². The highest BCUT2D eigenvalue weighted by Gasteiger charge is 2.14. The Kier molecular flexibility index (Phi) is 6.22. The minimum Gasteiger partial charge on any atom is -0.465 e. The number of carbonyl (C=O) groups is 2. The fourth-order valence-electron chi connectivity index (χ4n) is 1.80. The summed E-state index contributed by atoms with van der Waals surface area (Å²) >= 11 is 4.10. The largest absolute Gasteiger partial charge is 0.465 e. The van der Waals surface area contributed by atoms with Gasteiger partial charge in [0.1, 0.15) is 11.5 Å². The van der Waals surface area contributed by atoms with Crippen LogP contribution in [0.5, 0.6) is 11.5 Å². The van der Waals surface area contributed by atoms with Crippen molar-refractivity contribution < 1.29 is 23.8 Å².